The smallest absolute Gasteiger partial charge is 0.220 e. The van der Waals surface area contributed by atoms with E-state index in [-0.39, 0.29) is 0 Å². The maximum absolute atomic E-state index is 5.42. The molecule has 2 heterocycles. The van der Waals surface area contributed by atoms with Gasteiger partial charge in [-0.1, -0.05) is 0 Å². The van der Waals surface area contributed by atoms with Gasteiger partial charge in [-0.05, 0) is 19.3 Å². The molecule has 1 aromatic rings. The van der Waals surface area contributed by atoms with Gasteiger partial charge in [-0.15, -0.1) is 0 Å². The first kappa shape index (κ1) is 8.29. The fourth-order valence-electron chi connectivity index (χ4n) is 1.65. The van der Waals surface area contributed by atoms with Crippen LogP contribution in [0.3, 0.4) is 0 Å². The second-order valence-corrected chi connectivity index (χ2v) is 3.35. The Morgan fingerprint density at radius 2 is 1.69 bits per heavy atom. The van der Waals surface area contributed by atoms with E-state index < -0.39 is 0 Å². The normalized spacial score (nSPS) is 17.4. The lowest BCUT2D eigenvalue weighted by Gasteiger charge is -2.27. The van der Waals surface area contributed by atoms with Gasteiger partial charge < -0.3 is 10.6 Å². The molecule has 13 heavy (non-hydrogen) atoms. The Balaban J connectivity index is 2.10. The first-order valence-corrected chi connectivity index (χ1v) is 4.69. The molecule has 0 bridgehead atoms. The lowest BCUT2D eigenvalue weighted by Crippen LogP contribution is -2.29. The third kappa shape index (κ3) is 1.88. The van der Waals surface area contributed by atoms with Crippen LogP contribution in [0.15, 0.2) is 12.4 Å². The standard InChI is InChI=1S/C9H14N4/c10-9-11-6-8(7-12-9)13-4-2-1-3-5-13/h6-7H,1-5H2,(H2,10,11,12). The second-order valence-electron chi connectivity index (χ2n) is 3.35. The van der Waals surface area contributed by atoms with Crippen molar-refractivity contribution < 1.29 is 0 Å². The topological polar surface area (TPSA) is 55.0 Å². The van der Waals surface area contributed by atoms with Gasteiger partial charge in [0.2, 0.25) is 5.95 Å². The molecule has 2 rings (SSSR count). The van der Waals surface area contributed by atoms with Crippen LogP contribution in [0.1, 0.15) is 19.3 Å². The van der Waals surface area contributed by atoms with Gasteiger partial charge in [-0.2, -0.15) is 0 Å². The van der Waals surface area contributed by atoms with E-state index in [1.165, 1.54) is 19.3 Å². The fraction of sp³-hybridized carbons (Fsp3) is 0.556. The Hall–Kier alpha value is -1.32. The minimum Gasteiger partial charge on any atom is -0.369 e. The van der Waals surface area contributed by atoms with E-state index in [1.807, 2.05) is 0 Å². The van der Waals surface area contributed by atoms with E-state index >= 15 is 0 Å². The number of anilines is 2. The van der Waals surface area contributed by atoms with E-state index in [4.69, 9.17) is 5.73 Å². The Morgan fingerprint density at radius 1 is 1.08 bits per heavy atom. The fourth-order valence-corrected chi connectivity index (χ4v) is 1.65. The van der Waals surface area contributed by atoms with Crippen LogP contribution < -0.4 is 10.6 Å². The van der Waals surface area contributed by atoms with Crippen molar-refractivity contribution in [3.8, 4) is 0 Å². The lowest BCUT2D eigenvalue weighted by atomic mass is 10.1. The van der Waals surface area contributed by atoms with Crippen molar-refractivity contribution >= 4 is 11.6 Å². The molecule has 4 heteroatoms. The van der Waals surface area contributed by atoms with Crippen LogP contribution in [0.4, 0.5) is 11.6 Å². The lowest BCUT2D eigenvalue weighted by molar-refractivity contribution is 0.576. The van der Waals surface area contributed by atoms with Crippen LogP contribution in [0.5, 0.6) is 0 Å². The zero-order valence-electron chi connectivity index (χ0n) is 7.61. The number of aromatic nitrogens is 2. The monoisotopic (exact) mass is 178 g/mol. The molecule has 0 atom stereocenters. The van der Waals surface area contributed by atoms with Gasteiger partial charge in [0.25, 0.3) is 0 Å². The van der Waals surface area contributed by atoms with Gasteiger partial charge in [0.15, 0.2) is 0 Å². The molecule has 0 amide bonds. The summed E-state index contributed by atoms with van der Waals surface area (Å²) in [5.41, 5.74) is 6.51. The van der Waals surface area contributed by atoms with Crippen LogP contribution in [0.25, 0.3) is 0 Å². The SMILES string of the molecule is Nc1ncc(N2CCCCC2)cn1. The van der Waals surface area contributed by atoms with Crippen LogP contribution >= 0.6 is 0 Å². The largest absolute Gasteiger partial charge is 0.369 e. The summed E-state index contributed by atoms with van der Waals surface area (Å²) in [5.74, 6) is 0.348. The maximum atomic E-state index is 5.42. The predicted octanol–water partition coefficient (Wildman–Crippen LogP) is 1.05. The molecule has 0 aliphatic carbocycles. The summed E-state index contributed by atoms with van der Waals surface area (Å²) in [6.45, 7) is 2.24. The maximum Gasteiger partial charge on any atom is 0.220 e. The molecule has 1 aromatic heterocycles. The third-order valence-electron chi connectivity index (χ3n) is 2.38. The van der Waals surface area contributed by atoms with Gasteiger partial charge in [0, 0.05) is 13.1 Å². The molecule has 0 spiro atoms. The van der Waals surface area contributed by atoms with E-state index in [9.17, 15) is 0 Å². The van der Waals surface area contributed by atoms with Crippen molar-refractivity contribution in [2.75, 3.05) is 23.7 Å². The number of nitrogen functional groups attached to an aromatic ring is 1. The summed E-state index contributed by atoms with van der Waals surface area (Å²) in [5, 5.41) is 0. The third-order valence-corrected chi connectivity index (χ3v) is 2.38. The molecular formula is C9H14N4. The Kier molecular flexibility index (Phi) is 2.29. The van der Waals surface area contributed by atoms with Crippen molar-refractivity contribution in [1.82, 2.24) is 9.97 Å². The van der Waals surface area contributed by atoms with Crippen LogP contribution in [0, 0.1) is 0 Å². The minimum absolute atomic E-state index is 0.348. The van der Waals surface area contributed by atoms with Gasteiger partial charge >= 0.3 is 0 Å². The molecule has 4 nitrogen and oxygen atoms in total. The number of nitrogens with zero attached hydrogens (tertiary/aromatic N) is 3. The summed E-state index contributed by atoms with van der Waals surface area (Å²) in [4.78, 5) is 10.3. The molecule has 1 saturated heterocycles. The summed E-state index contributed by atoms with van der Waals surface area (Å²) >= 11 is 0. The molecule has 0 saturated carbocycles. The molecule has 2 N–H and O–H groups in total. The van der Waals surface area contributed by atoms with E-state index in [1.54, 1.807) is 12.4 Å². The summed E-state index contributed by atoms with van der Waals surface area (Å²) in [6.07, 6.45) is 7.47. The zero-order chi connectivity index (χ0) is 9.10. The summed E-state index contributed by atoms with van der Waals surface area (Å²) in [6, 6.07) is 0. The highest BCUT2D eigenvalue weighted by Gasteiger charge is 2.10. The molecule has 0 unspecified atom stereocenters. The average Bonchev–Trinajstić information content (AvgIpc) is 2.20. The molecule has 1 aliphatic heterocycles. The highest BCUT2D eigenvalue weighted by atomic mass is 15.2. The van der Waals surface area contributed by atoms with Crippen molar-refractivity contribution in [3.05, 3.63) is 12.4 Å². The van der Waals surface area contributed by atoms with Crippen LogP contribution in [0.2, 0.25) is 0 Å². The van der Waals surface area contributed by atoms with Crippen molar-refractivity contribution in [2.45, 2.75) is 19.3 Å². The van der Waals surface area contributed by atoms with Gasteiger partial charge in [0.05, 0.1) is 18.1 Å². The number of hydrogen-bond donors (Lipinski definition) is 1. The van der Waals surface area contributed by atoms with Gasteiger partial charge in [-0.25, -0.2) is 9.97 Å². The number of rotatable bonds is 1. The van der Waals surface area contributed by atoms with Crippen LogP contribution in [-0.2, 0) is 0 Å². The quantitative estimate of drug-likeness (QED) is 0.698. The van der Waals surface area contributed by atoms with Crippen molar-refractivity contribution in [2.24, 2.45) is 0 Å². The first-order chi connectivity index (χ1) is 6.36. The van der Waals surface area contributed by atoms with Crippen LogP contribution in [-0.4, -0.2) is 23.1 Å². The summed E-state index contributed by atoms with van der Waals surface area (Å²) < 4.78 is 0. The molecule has 0 aromatic carbocycles. The molecule has 1 fully saturated rings. The zero-order valence-corrected chi connectivity index (χ0v) is 7.61. The Morgan fingerprint density at radius 3 is 2.31 bits per heavy atom. The van der Waals surface area contributed by atoms with Crippen molar-refractivity contribution in [3.63, 3.8) is 0 Å². The number of piperidine rings is 1. The average molecular weight is 178 g/mol. The number of hydrogen-bond acceptors (Lipinski definition) is 4. The molecule has 70 valence electrons. The second kappa shape index (κ2) is 3.60. The predicted molar refractivity (Wildman–Crippen MR) is 52.5 cm³/mol. The minimum atomic E-state index is 0.348. The van der Waals surface area contributed by atoms with E-state index in [0.29, 0.717) is 5.95 Å². The van der Waals surface area contributed by atoms with E-state index in [0.717, 1.165) is 18.8 Å². The van der Waals surface area contributed by atoms with Crippen molar-refractivity contribution in [1.29, 1.82) is 0 Å². The van der Waals surface area contributed by atoms with Gasteiger partial charge in [-0.3, -0.25) is 0 Å². The molecular weight excluding hydrogens is 164 g/mol. The summed E-state index contributed by atoms with van der Waals surface area (Å²) in [7, 11) is 0. The molecule has 0 radical (unpaired) electrons. The highest BCUT2D eigenvalue weighted by Crippen LogP contribution is 2.17. The number of nitrogens with two attached hydrogens (primary N) is 1. The first-order valence-electron chi connectivity index (χ1n) is 4.69. The molecule has 1 aliphatic rings. The highest BCUT2D eigenvalue weighted by molar-refractivity contribution is 5.43. The van der Waals surface area contributed by atoms with E-state index in [2.05, 4.69) is 14.9 Å². The Labute approximate surface area is 77.8 Å². The Bertz CT molecular complexity index is 263. The van der Waals surface area contributed by atoms with Gasteiger partial charge in [0.1, 0.15) is 0 Å².